The van der Waals surface area contributed by atoms with Gasteiger partial charge in [0.05, 0.1) is 0 Å². The molecule has 3 aliphatic rings. The molecule has 2 amide bonds. The van der Waals surface area contributed by atoms with E-state index in [0.717, 1.165) is 4.47 Å². The summed E-state index contributed by atoms with van der Waals surface area (Å²) >= 11 is 3.35. The minimum Gasteiger partial charge on any atom is -0.342 e. The van der Waals surface area contributed by atoms with Gasteiger partial charge in [-0.1, -0.05) is 15.9 Å². The van der Waals surface area contributed by atoms with E-state index >= 15 is 0 Å². The number of hydrogen-bond acceptors (Lipinski definition) is 7. The van der Waals surface area contributed by atoms with E-state index in [1.807, 2.05) is 12.1 Å². The van der Waals surface area contributed by atoms with Gasteiger partial charge in [0.25, 0.3) is 5.91 Å². The summed E-state index contributed by atoms with van der Waals surface area (Å²) in [6.07, 6.45) is -3.57. The molecule has 3 heterocycles. The summed E-state index contributed by atoms with van der Waals surface area (Å²) < 4.78 is 30.5. The lowest BCUT2D eigenvalue weighted by Gasteiger charge is -2.36. The molecule has 31 heavy (non-hydrogen) atoms. The monoisotopic (exact) mass is 498 g/mol. The van der Waals surface area contributed by atoms with E-state index in [2.05, 4.69) is 26.6 Å². The molecule has 4 rings (SSSR count). The Hall–Kier alpha value is -1.56. The number of anilines is 1. The molecule has 6 atom stereocenters. The minimum absolute atomic E-state index is 0.355. The van der Waals surface area contributed by atoms with Gasteiger partial charge in [0.15, 0.2) is 24.0 Å². The molecule has 3 fully saturated rings. The highest BCUT2D eigenvalue weighted by Crippen LogP contribution is 2.44. The van der Waals surface area contributed by atoms with E-state index < -0.39 is 54.2 Å². The van der Waals surface area contributed by atoms with Crippen LogP contribution in [0.5, 0.6) is 0 Å². The third-order valence-electron chi connectivity index (χ3n) is 5.28. The Morgan fingerprint density at radius 2 is 1.52 bits per heavy atom. The Kier molecular flexibility index (Phi) is 5.91. The van der Waals surface area contributed by atoms with E-state index in [4.69, 9.17) is 23.7 Å². The van der Waals surface area contributed by atoms with Crippen molar-refractivity contribution in [3.05, 3.63) is 28.7 Å². The zero-order valence-electron chi connectivity index (χ0n) is 18.0. The Bertz CT molecular complexity index is 860. The van der Waals surface area contributed by atoms with Gasteiger partial charge < -0.3 is 34.3 Å². The lowest BCUT2D eigenvalue weighted by molar-refractivity contribution is -0.231. The normalized spacial score (nSPS) is 33.8. The van der Waals surface area contributed by atoms with Gasteiger partial charge in [-0.05, 0) is 58.9 Å². The molecule has 0 unspecified atom stereocenters. The van der Waals surface area contributed by atoms with Crippen molar-refractivity contribution in [1.29, 1.82) is 0 Å². The van der Waals surface area contributed by atoms with Crippen molar-refractivity contribution in [3.8, 4) is 0 Å². The molecule has 10 heteroatoms. The summed E-state index contributed by atoms with van der Waals surface area (Å²) in [5.41, 5.74) is 0.624. The Morgan fingerprint density at radius 3 is 2.19 bits per heavy atom. The van der Waals surface area contributed by atoms with E-state index in [1.165, 1.54) is 0 Å². The van der Waals surface area contributed by atoms with Gasteiger partial charge in [-0.25, -0.2) is 0 Å². The molecule has 0 bridgehead atoms. The SMILES string of the molecule is C[C@H](NC(=O)[C@@H]1O[C@@H]2OC(C)(C)O[C@@H]2[C@H]2OC(C)(C)O[C@H]21)C(=O)Nc1ccc(Br)cc1. The first kappa shape index (κ1) is 22.6. The number of fused-ring (bicyclic) bond motifs is 3. The zero-order valence-corrected chi connectivity index (χ0v) is 19.6. The first-order valence-corrected chi connectivity index (χ1v) is 11.0. The second-order valence-electron chi connectivity index (χ2n) is 8.82. The first-order valence-electron chi connectivity index (χ1n) is 10.2. The maximum Gasteiger partial charge on any atom is 0.252 e. The van der Waals surface area contributed by atoms with Gasteiger partial charge in [0.1, 0.15) is 24.4 Å². The summed E-state index contributed by atoms with van der Waals surface area (Å²) in [6, 6.07) is 6.35. The molecule has 1 aromatic carbocycles. The van der Waals surface area contributed by atoms with Crippen LogP contribution in [-0.2, 0) is 33.3 Å². The lowest BCUT2D eigenvalue weighted by Crippen LogP contribution is -2.60. The van der Waals surface area contributed by atoms with Crippen LogP contribution >= 0.6 is 15.9 Å². The van der Waals surface area contributed by atoms with Crippen molar-refractivity contribution in [3.63, 3.8) is 0 Å². The molecule has 9 nitrogen and oxygen atoms in total. The topological polar surface area (TPSA) is 104 Å². The molecule has 0 saturated carbocycles. The predicted octanol–water partition coefficient (Wildman–Crippen LogP) is 2.29. The third kappa shape index (κ3) is 4.79. The average Bonchev–Trinajstić information content (AvgIpc) is 3.16. The molecule has 3 saturated heterocycles. The fourth-order valence-electron chi connectivity index (χ4n) is 3.97. The van der Waals surface area contributed by atoms with Crippen molar-refractivity contribution < 1.29 is 33.3 Å². The summed E-state index contributed by atoms with van der Waals surface area (Å²) in [7, 11) is 0. The highest BCUT2D eigenvalue weighted by Gasteiger charge is 2.62. The van der Waals surface area contributed by atoms with Crippen LogP contribution in [0, 0.1) is 0 Å². The van der Waals surface area contributed by atoms with E-state index in [-0.39, 0.29) is 5.91 Å². The number of carbonyl (C=O) groups excluding carboxylic acids is 2. The van der Waals surface area contributed by atoms with E-state index in [9.17, 15) is 9.59 Å². The number of hydrogen-bond donors (Lipinski definition) is 2. The maximum absolute atomic E-state index is 13.1. The molecule has 3 aliphatic heterocycles. The second kappa shape index (κ2) is 8.09. The maximum atomic E-state index is 13.1. The van der Waals surface area contributed by atoms with Crippen molar-refractivity contribution in [2.75, 3.05) is 5.32 Å². The second-order valence-corrected chi connectivity index (χ2v) is 9.73. The number of amides is 2. The van der Waals surface area contributed by atoms with Crippen LogP contribution in [0.4, 0.5) is 5.69 Å². The fraction of sp³-hybridized carbons (Fsp3) is 0.619. The van der Waals surface area contributed by atoms with E-state index in [0.29, 0.717) is 5.69 Å². The van der Waals surface area contributed by atoms with Gasteiger partial charge in [0.2, 0.25) is 5.91 Å². The van der Waals surface area contributed by atoms with Crippen molar-refractivity contribution in [1.82, 2.24) is 5.32 Å². The Morgan fingerprint density at radius 1 is 0.935 bits per heavy atom. The van der Waals surface area contributed by atoms with Crippen molar-refractivity contribution in [2.45, 2.75) is 82.9 Å². The van der Waals surface area contributed by atoms with Gasteiger partial charge in [-0.3, -0.25) is 9.59 Å². The number of benzene rings is 1. The number of halogens is 1. The van der Waals surface area contributed by atoms with Gasteiger partial charge in [-0.15, -0.1) is 0 Å². The Labute approximate surface area is 189 Å². The van der Waals surface area contributed by atoms with Gasteiger partial charge in [0, 0.05) is 10.2 Å². The fourth-order valence-corrected chi connectivity index (χ4v) is 4.23. The van der Waals surface area contributed by atoms with Crippen LogP contribution in [0.15, 0.2) is 28.7 Å². The molecular weight excluding hydrogens is 472 g/mol. The zero-order chi connectivity index (χ0) is 22.6. The average molecular weight is 499 g/mol. The molecule has 0 spiro atoms. The number of ether oxygens (including phenoxy) is 5. The van der Waals surface area contributed by atoms with Crippen LogP contribution in [-0.4, -0.2) is 60.1 Å². The molecule has 170 valence electrons. The van der Waals surface area contributed by atoms with Crippen molar-refractivity contribution in [2.24, 2.45) is 0 Å². The van der Waals surface area contributed by atoms with Crippen LogP contribution < -0.4 is 10.6 Å². The van der Waals surface area contributed by atoms with Crippen molar-refractivity contribution >= 4 is 33.4 Å². The third-order valence-corrected chi connectivity index (χ3v) is 5.81. The smallest absolute Gasteiger partial charge is 0.252 e. The Balaban J connectivity index is 1.44. The molecule has 0 radical (unpaired) electrons. The molecule has 1 aromatic rings. The summed E-state index contributed by atoms with van der Waals surface area (Å²) in [6.45, 7) is 8.68. The molecule has 2 N–H and O–H groups in total. The highest BCUT2D eigenvalue weighted by molar-refractivity contribution is 9.10. The first-order chi connectivity index (χ1) is 14.4. The number of rotatable bonds is 4. The van der Waals surface area contributed by atoms with Crippen LogP contribution in [0.3, 0.4) is 0 Å². The predicted molar refractivity (Wildman–Crippen MR) is 113 cm³/mol. The largest absolute Gasteiger partial charge is 0.342 e. The standard InChI is InChI=1S/C21H27BrN2O7/c1-10(17(25)24-12-8-6-11(22)7-9-12)23-18(26)15-13-14(29-20(2,3)28-13)16-19(27-15)31-21(4,5)30-16/h6-10,13-16,19H,1-5H3,(H,23,26)(H,24,25)/t10-,13+,14-,15+,16+,19+/m0/s1. The molecule has 0 aromatic heterocycles. The molecular formula is C21H27BrN2O7. The van der Waals surface area contributed by atoms with Crippen LogP contribution in [0.1, 0.15) is 34.6 Å². The lowest BCUT2D eigenvalue weighted by atomic mass is 9.98. The number of carbonyl (C=O) groups is 2. The van der Waals surface area contributed by atoms with Gasteiger partial charge >= 0.3 is 0 Å². The van der Waals surface area contributed by atoms with Crippen LogP contribution in [0.2, 0.25) is 0 Å². The quantitative estimate of drug-likeness (QED) is 0.655. The summed E-state index contributed by atoms with van der Waals surface area (Å²) in [4.78, 5) is 25.6. The summed E-state index contributed by atoms with van der Waals surface area (Å²) in [5.74, 6) is -2.63. The van der Waals surface area contributed by atoms with E-state index in [1.54, 1.807) is 46.8 Å². The highest BCUT2D eigenvalue weighted by atomic mass is 79.9. The van der Waals surface area contributed by atoms with Crippen LogP contribution in [0.25, 0.3) is 0 Å². The van der Waals surface area contributed by atoms with Gasteiger partial charge in [-0.2, -0.15) is 0 Å². The summed E-state index contributed by atoms with van der Waals surface area (Å²) in [5, 5.41) is 5.47. The minimum atomic E-state index is -1.02. The molecule has 0 aliphatic carbocycles. The number of nitrogens with one attached hydrogen (secondary N) is 2.